The smallest absolute Gasteiger partial charge is 0.319 e. The number of nitrogens with zero attached hydrogens (tertiary/aromatic N) is 2. The van der Waals surface area contributed by atoms with E-state index in [1.807, 2.05) is 5.32 Å². The minimum atomic E-state index is -1.05. The third kappa shape index (κ3) is 5.68. The van der Waals surface area contributed by atoms with Crippen LogP contribution in [0.2, 0.25) is 0 Å². The van der Waals surface area contributed by atoms with Gasteiger partial charge in [0, 0.05) is 12.1 Å². The lowest BCUT2D eigenvalue weighted by molar-refractivity contribution is -0.384. The number of carbonyl (C=O) groups excluding carboxylic acids is 2. The van der Waals surface area contributed by atoms with Gasteiger partial charge in [-0.15, -0.1) is 0 Å². The molecule has 27 heavy (non-hydrogen) atoms. The number of non-ortho nitro benzene ring substituents is 1. The van der Waals surface area contributed by atoms with Gasteiger partial charge in [0.15, 0.2) is 0 Å². The molecule has 0 saturated carbocycles. The summed E-state index contributed by atoms with van der Waals surface area (Å²) < 4.78 is 5.56. The van der Waals surface area contributed by atoms with Gasteiger partial charge in [0.1, 0.15) is 24.0 Å². The normalized spacial score (nSPS) is 10.6. The fourth-order valence-electron chi connectivity index (χ4n) is 2.08. The van der Waals surface area contributed by atoms with E-state index in [9.17, 15) is 19.7 Å². The van der Waals surface area contributed by atoms with Crippen LogP contribution in [0.15, 0.2) is 54.1 Å². The Bertz CT molecular complexity index is 945. The zero-order chi connectivity index (χ0) is 19.8. The number of urea groups is 1. The van der Waals surface area contributed by atoms with Crippen LogP contribution in [0.1, 0.15) is 11.1 Å². The summed E-state index contributed by atoms with van der Waals surface area (Å²) >= 11 is 0. The van der Waals surface area contributed by atoms with Crippen LogP contribution in [-0.2, 0) is 11.4 Å². The standard InChI is InChI=1S/C18H14N4O5/c19-10-14(17(23)21-18(20)24)8-12-4-6-16(7-5-12)27-11-13-2-1-3-15(9-13)22(25)26/h1-9H,11H2,(H3,20,21,23,24)/b14-8-. The van der Waals surface area contributed by atoms with E-state index in [1.54, 1.807) is 42.5 Å². The van der Waals surface area contributed by atoms with E-state index in [-0.39, 0.29) is 17.9 Å². The van der Waals surface area contributed by atoms with Crippen molar-refractivity contribution in [3.63, 3.8) is 0 Å². The SMILES string of the molecule is N#C/C(=C/c1ccc(OCc2cccc([N+](=O)[O-])c2)cc1)C(=O)NC(N)=O. The van der Waals surface area contributed by atoms with E-state index in [2.05, 4.69) is 0 Å². The second-order valence-corrected chi connectivity index (χ2v) is 5.27. The molecule has 0 unspecified atom stereocenters. The van der Waals surface area contributed by atoms with Crippen LogP contribution in [0.3, 0.4) is 0 Å². The average Bonchev–Trinajstić information content (AvgIpc) is 2.65. The molecule has 0 radical (unpaired) electrons. The highest BCUT2D eigenvalue weighted by molar-refractivity contribution is 6.08. The predicted molar refractivity (Wildman–Crippen MR) is 95.2 cm³/mol. The lowest BCUT2D eigenvalue weighted by Crippen LogP contribution is -2.35. The Morgan fingerprint density at radius 2 is 1.96 bits per heavy atom. The third-order valence-corrected chi connectivity index (χ3v) is 3.32. The molecular weight excluding hydrogens is 352 g/mol. The molecule has 136 valence electrons. The molecule has 9 heteroatoms. The van der Waals surface area contributed by atoms with Crippen molar-refractivity contribution in [3.05, 3.63) is 75.3 Å². The van der Waals surface area contributed by atoms with Crippen molar-refractivity contribution >= 4 is 23.7 Å². The first-order valence-electron chi connectivity index (χ1n) is 7.58. The average molecular weight is 366 g/mol. The van der Waals surface area contributed by atoms with Crippen molar-refractivity contribution in [2.24, 2.45) is 5.73 Å². The minimum Gasteiger partial charge on any atom is -0.489 e. The number of benzene rings is 2. The summed E-state index contributed by atoms with van der Waals surface area (Å²) in [5.74, 6) is -0.394. The number of carbonyl (C=O) groups is 2. The number of amides is 3. The number of nitriles is 1. The minimum absolute atomic E-state index is 0.0187. The first-order valence-corrected chi connectivity index (χ1v) is 7.58. The maximum atomic E-state index is 11.6. The molecule has 0 aliphatic heterocycles. The Kier molecular flexibility index (Phi) is 6.22. The summed E-state index contributed by atoms with van der Waals surface area (Å²) in [5.41, 5.74) is 5.73. The van der Waals surface area contributed by atoms with Crippen molar-refractivity contribution in [3.8, 4) is 11.8 Å². The number of nitro groups is 1. The highest BCUT2D eigenvalue weighted by Gasteiger charge is 2.11. The molecule has 0 aromatic heterocycles. The molecule has 0 aliphatic carbocycles. The van der Waals surface area contributed by atoms with Crippen LogP contribution in [0.5, 0.6) is 5.75 Å². The number of primary amides is 1. The van der Waals surface area contributed by atoms with E-state index < -0.39 is 16.9 Å². The third-order valence-electron chi connectivity index (χ3n) is 3.32. The lowest BCUT2D eigenvalue weighted by Gasteiger charge is -2.07. The van der Waals surface area contributed by atoms with Gasteiger partial charge in [0.05, 0.1) is 4.92 Å². The largest absolute Gasteiger partial charge is 0.489 e. The summed E-state index contributed by atoms with van der Waals surface area (Å²) in [7, 11) is 0. The number of rotatable bonds is 6. The Hall–Kier alpha value is -4.19. The van der Waals surface area contributed by atoms with Crippen LogP contribution < -0.4 is 15.8 Å². The van der Waals surface area contributed by atoms with Crippen molar-refractivity contribution in [2.75, 3.05) is 0 Å². The van der Waals surface area contributed by atoms with Crippen LogP contribution in [0, 0.1) is 21.4 Å². The summed E-state index contributed by atoms with van der Waals surface area (Å²) in [6.07, 6.45) is 1.29. The molecular formula is C18H14N4O5. The number of nitro benzene ring substituents is 1. The van der Waals surface area contributed by atoms with Crippen molar-refractivity contribution in [1.29, 1.82) is 5.26 Å². The van der Waals surface area contributed by atoms with Crippen LogP contribution >= 0.6 is 0 Å². The van der Waals surface area contributed by atoms with Crippen LogP contribution in [0.4, 0.5) is 10.5 Å². The fraction of sp³-hybridized carbons (Fsp3) is 0.0556. The zero-order valence-corrected chi connectivity index (χ0v) is 13.9. The number of ether oxygens (including phenoxy) is 1. The monoisotopic (exact) mass is 366 g/mol. The van der Waals surface area contributed by atoms with Gasteiger partial charge in [-0.25, -0.2) is 4.79 Å². The second-order valence-electron chi connectivity index (χ2n) is 5.27. The van der Waals surface area contributed by atoms with Gasteiger partial charge in [-0.3, -0.25) is 20.2 Å². The van der Waals surface area contributed by atoms with E-state index in [0.717, 1.165) is 0 Å². The van der Waals surface area contributed by atoms with Gasteiger partial charge in [0.25, 0.3) is 11.6 Å². The molecule has 9 nitrogen and oxygen atoms in total. The first kappa shape index (κ1) is 19.1. The second kappa shape index (κ2) is 8.77. The van der Waals surface area contributed by atoms with Gasteiger partial charge >= 0.3 is 6.03 Å². The van der Waals surface area contributed by atoms with Gasteiger partial charge < -0.3 is 10.5 Å². The molecule has 0 heterocycles. The van der Waals surface area contributed by atoms with Crippen LogP contribution in [-0.4, -0.2) is 16.9 Å². The molecule has 3 N–H and O–H groups in total. The molecule has 2 aromatic carbocycles. The number of nitrogens with two attached hydrogens (primary N) is 1. The topological polar surface area (TPSA) is 148 Å². The molecule has 0 spiro atoms. The van der Waals surface area contributed by atoms with Gasteiger partial charge in [-0.2, -0.15) is 5.26 Å². The van der Waals surface area contributed by atoms with Gasteiger partial charge in [0.2, 0.25) is 0 Å². The molecule has 0 saturated heterocycles. The zero-order valence-electron chi connectivity index (χ0n) is 13.9. The Balaban J connectivity index is 2.04. The van der Waals surface area contributed by atoms with Crippen molar-refractivity contribution < 1.29 is 19.2 Å². The van der Waals surface area contributed by atoms with E-state index >= 15 is 0 Å². The summed E-state index contributed by atoms with van der Waals surface area (Å²) in [5, 5.41) is 21.6. The van der Waals surface area contributed by atoms with E-state index in [0.29, 0.717) is 16.9 Å². The van der Waals surface area contributed by atoms with Gasteiger partial charge in [-0.1, -0.05) is 24.3 Å². The number of nitrogens with one attached hydrogen (secondary N) is 1. The highest BCUT2D eigenvalue weighted by Crippen LogP contribution is 2.18. The van der Waals surface area contributed by atoms with Gasteiger partial charge in [-0.05, 0) is 29.3 Å². The predicted octanol–water partition coefficient (Wildman–Crippen LogP) is 2.28. The Labute approximate surface area is 153 Å². The molecule has 2 aromatic rings. The van der Waals surface area contributed by atoms with E-state index in [4.69, 9.17) is 15.7 Å². The molecule has 0 aliphatic rings. The molecule has 0 atom stereocenters. The molecule has 2 rings (SSSR count). The maximum absolute atomic E-state index is 11.6. The molecule has 3 amide bonds. The first-order chi connectivity index (χ1) is 12.9. The molecule has 0 bridgehead atoms. The lowest BCUT2D eigenvalue weighted by atomic mass is 10.1. The van der Waals surface area contributed by atoms with Crippen molar-refractivity contribution in [1.82, 2.24) is 5.32 Å². The molecule has 0 fully saturated rings. The Morgan fingerprint density at radius 1 is 1.26 bits per heavy atom. The summed E-state index contributed by atoms with van der Waals surface area (Å²) in [6.45, 7) is 0.140. The van der Waals surface area contributed by atoms with Crippen LogP contribution in [0.25, 0.3) is 6.08 Å². The Morgan fingerprint density at radius 3 is 2.56 bits per heavy atom. The van der Waals surface area contributed by atoms with E-state index in [1.165, 1.54) is 18.2 Å². The number of imide groups is 1. The summed E-state index contributed by atoms with van der Waals surface area (Å²) in [4.78, 5) is 32.6. The number of hydrogen-bond donors (Lipinski definition) is 2. The summed E-state index contributed by atoms with van der Waals surface area (Å²) in [6, 6.07) is 13.2. The quantitative estimate of drug-likeness (QED) is 0.347. The fourth-order valence-corrected chi connectivity index (χ4v) is 2.08. The highest BCUT2D eigenvalue weighted by atomic mass is 16.6. The van der Waals surface area contributed by atoms with Crippen molar-refractivity contribution in [2.45, 2.75) is 6.61 Å². The number of hydrogen-bond acceptors (Lipinski definition) is 6. The maximum Gasteiger partial charge on any atom is 0.319 e.